The van der Waals surface area contributed by atoms with Crippen molar-refractivity contribution in [3.8, 4) is 11.5 Å². The molecule has 0 atom stereocenters. The minimum Gasteiger partial charge on any atom is -0.508 e. The lowest BCUT2D eigenvalue weighted by atomic mass is 9.76. The van der Waals surface area contributed by atoms with Crippen molar-refractivity contribution in [1.82, 2.24) is 10.3 Å². The molecule has 116 valence electrons. The van der Waals surface area contributed by atoms with Crippen LogP contribution < -0.4 is 10.1 Å². The highest BCUT2D eigenvalue weighted by Gasteiger charge is 2.30. The Labute approximate surface area is 131 Å². The van der Waals surface area contributed by atoms with Gasteiger partial charge in [0.2, 0.25) is 0 Å². The zero-order valence-electron chi connectivity index (χ0n) is 13.0. The van der Waals surface area contributed by atoms with Crippen LogP contribution in [0.2, 0.25) is 0 Å². The summed E-state index contributed by atoms with van der Waals surface area (Å²) in [6, 6.07) is 10.1. The number of nitrogens with one attached hydrogen (secondary N) is 1. The zero-order chi connectivity index (χ0) is 15.5. The highest BCUT2D eigenvalue weighted by atomic mass is 16.5. The first kappa shape index (κ1) is 14.9. The number of methoxy groups -OCH3 is 1. The summed E-state index contributed by atoms with van der Waals surface area (Å²) in [5, 5.41) is 13.0. The Balaban J connectivity index is 1.51. The van der Waals surface area contributed by atoms with Gasteiger partial charge in [-0.3, -0.25) is 4.98 Å². The molecule has 1 saturated carbocycles. The van der Waals surface area contributed by atoms with Gasteiger partial charge in [0.15, 0.2) is 0 Å². The van der Waals surface area contributed by atoms with E-state index in [0.29, 0.717) is 12.0 Å². The molecule has 0 bridgehead atoms. The molecule has 1 aliphatic rings. The predicted molar refractivity (Wildman–Crippen MR) is 86.2 cm³/mol. The molecule has 1 fully saturated rings. The second kappa shape index (κ2) is 6.36. The number of aryl methyl sites for hydroxylation is 1. The van der Waals surface area contributed by atoms with Gasteiger partial charge in [-0.25, -0.2) is 0 Å². The molecule has 1 aromatic heterocycles. The first-order chi connectivity index (χ1) is 10.7. The van der Waals surface area contributed by atoms with Crippen LogP contribution in [0.3, 0.4) is 0 Å². The molecule has 1 aromatic carbocycles. The van der Waals surface area contributed by atoms with Crippen molar-refractivity contribution < 1.29 is 9.84 Å². The highest BCUT2D eigenvalue weighted by molar-refractivity contribution is 5.40. The molecule has 0 saturated heterocycles. The lowest BCUT2D eigenvalue weighted by Gasteiger charge is -2.36. The third kappa shape index (κ3) is 3.22. The molecule has 1 heterocycles. The maximum Gasteiger partial charge on any atom is 0.127 e. The van der Waals surface area contributed by atoms with E-state index in [2.05, 4.69) is 22.4 Å². The maximum absolute atomic E-state index is 9.48. The fraction of sp³-hybridized carbons (Fsp3) is 0.389. The van der Waals surface area contributed by atoms with Crippen LogP contribution in [0.4, 0.5) is 0 Å². The van der Waals surface area contributed by atoms with Gasteiger partial charge >= 0.3 is 0 Å². The van der Waals surface area contributed by atoms with Gasteiger partial charge in [-0.15, -0.1) is 0 Å². The van der Waals surface area contributed by atoms with Crippen LogP contribution in [0.25, 0.3) is 0 Å². The lowest BCUT2D eigenvalue weighted by molar-refractivity contribution is 0.287. The van der Waals surface area contributed by atoms with Crippen LogP contribution in [0.15, 0.2) is 36.5 Å². The molecular weight excluding hydrogens is 276 g/mol. The van der Waals surface area contributed by atoms with Crippen LogP contribution in [0.5, 0.6) is 11.5 Å². The van der Waals surface area contributed by atoms with Gasteiger partial charge in [0.05, 0.1) is 7.11 Å². The number of aromatic nitrogens is 1. The minimum atomic E-state index is 0.233. The topological polar surface area (TPSA) is 54.4 Å². The van der Waals surface area contributed by atoms with Crippen LogP contribution in [0, 0.1) is 6.92 Å². The van der Waals surface area contributed by atoms with Crippen molar-refractivity contribution >= 4 is 0 Å². The summed E-state index contributed by atoms with van der Waals surface area (Å²) >= 11 is 0. The Morgan fingerprint density at radius 1 is 1.27 bits per heavy atom. The number of ether oxygens (including phenoxy) is 1. The molecule has 4 nitrogen and oxygen atoms in total. The quantitative estimate of drug-likeness (QED) is 0.890. The Bertz CT molecular complexity index is 634. The Morgan fingerprint density at radius 3 is 2.77 bits per heavy atom. The Hall–Kier alpha value is -2.07. The van der Waals surface area contributed by atoms with E-state index < -0.39 is 0 Å². The first-order valence-corrected chi connectivity index (χ1v) is 7.67. The molecular formula is C18H22N2O2. The molecule has 4 heteroatoms. The van der Waals surface area contributed by atoms with E-state index in [-0.39, 0.29) is 5.75 Å². The average Bonchev–Trinajstić information content (AvgIpc) is 2.48. The van der Waals surface area contributed by atoms with Crippen LogP contribution >= 0.6 is 0 Å². The van der Waals surface area contributed by atoms with Gasteiger partial charge in [0, 0.05) is 36.1 Å². The summed E-state index contributed by atoms with van der Waals surface area (Å²) < 4.78 is 5.30. The predicted octanol–water partition coefficient (Wildman–Crippen LogP) is 3.14. The van der Waals surface area contributed by atoms with Gasteiger partial charge in [-0.2, -0.15) is 0 Å². The molecule has 0 aliphatic heterocycles. The molecule has 1 aliphatic carbocycles. The van der Waals surface area contributed by atoms with E-state index in [9.17, 15) is 5.11 Å². The first-order valence-electron chi connectivity index (χ1n) is 7.67. The van der Waals surface area contributed by atoms with Gasteiger partial charge in [0.25, 0.3) is 0 Å². The summed E-state index contributed by atoms with van der Waals surface area (Å²) in [5.74, 6) is 1.58. The number of pyridine rings is 1. The van der Waals surface area contributed by atoms with E-state index in [1.54, 1.807) is 19.2 Å². The van der Waals surface area contributed by atoms with E-state index in [1.807, 2.05) is 19.2 Å². The van der Waals surface area contributed by atoms with Crippen molar-refractivity contribution in [2.75, 3.05) is 7.11 Å². The van der Waals surface area contributed by atoms with Gasteiger partial charge in [-0.1, -0.05) is 12.1 Å². The number of rotatable bonds is 5. The van der Waals surface area contributed by atoms with Crippen LogP contribution in [0.1, 0.15) is 35.6 Å². The van der Waals surface area contributed by atoms with E-state index in [4.69, 9.17) is 4.74 Å². The molecule has 0 unspecified atom stereocenters. The largest absolute Gasteiger partial charge is 0.508 e. The van der Waals surface area contributed by atoms with Crippen LogP contribution in [-0.2, 0) is 6.54 Å². The maximum atomic E-state index is 9.48. The van der Waals surface area contributed by atoms with Crippen molar-refractivity contribution in [3.05, 3.63) is 53.3 Å². The van der Waals surface area contributed by atoms with E-state index in [0.717, 1.165) is 36.4 Å². The second-order valence-corrected chi connectivity index (χ2v) is 5.98. The summed E-state index contributed by atoms with van der Waals surface area (Å²) in [6.07, 6.45) is 4.29. The molecule has 2 aromatic rings. The van der Waals surface area contributed by atoms with Gasteiger partial charge in [-0.05, 0) is 43.4 Å². The Kier molecular flexibility index (Phi) is 4.29. The molecule has 3 rings (SSSR count). The summed E-state index contributed by atoms with van der Waals surface area (Å²) in [7, 11) is 1.63. The van der Waals surface area contributed by atoms with Crippen molar-refractivity contribution in [2.45, 2.75) is 38.3 Å². The lowest BCUT2D eigenvalue weighted by Crippen LogP contribution is -2.39. The minimum absolute atomic E-state index is 0.233. The van der Waals surface area contributed by atoms with Gasteiger partial charge in [0.1, 0.15) is 11.5 Å². The fourth-order valence-corrected chi connectivity index (χ4v) is 2.91. The van der Waals surface area contributed by atoms with Crippen molar-refractivity contribution in [3.63, 3.8) is 0 Å². The Morgan fingerprint density at radius 2 is 2.09 bits per heavy atom. The number of nitrogens with zero attached hydrogens (tertiary/aromatic N) is 1. The molecule has 0 amide bonds. The number of phenols is 1. The van der Waals surface area contributed by atoms with Crippen molar-refractivity contribution in [1.29, 1.82) is 0 Å². The number of hydrogen-bond acceptors (Lipinski definition) is 4. The summed E-state index contributed by atoms with van der Waals surface area (Å²) in [4.78, 5) is 4.37. The zero-order valence-corrected chi connectivity index (χ0v) is 13.0. The average molecular weight is 298 g/mol. The molecule has 2 N–H and O–H groups in total. The summed E-state index contributed by atoms with van der Waals surface area (Å²) in [6.45, 7) is 2.77. The van der Waals surface area contributed by atoms with E-state index in [1.165, 1.54) is 5.56 Å². The number of hydrogen-bond donors (Lipinski definition) is 2. The monoisotopic (exact) mass is 298 g/mol. The van der Waals surface area contributed by atoms with Crippen molar-refractivity contribution in [2.24, 2.45) is 0 Å². The third-order valence-electron chi connectivity index (χ3n) is 4.40. The SMILES string of the molecule is COc1cc(O)ccc1CNC1CC(c2ccc(C)nc2)C1. The van der Waals surface area contributed by atoms with Crippen LogP contribution in [-0.4, -0.2) is 23.2 Å². The number of aromatic hydroxyl groups is 1. The fourth-order valence-electron chi connectivity index (χ4n) is 2.91. The normalized spacial score (nSPS) is 20.5. The molecule has 0 spiro atoms. The smallest absolute Gasteiger partial charge is 0.127 e. The molecule has 22 heavy (non-hydrogen) atoms. The number of benzene rings is 1. The standard InChI is InChI=1S/C18H22N2O2/c1-12-3-4-13(10-19-12)15-7-16(8-15)20-11-14-5-6-17(21)9-18(14)22-2/h3-6,9-10,15-16,20-21H,7-8,11H2,1-2H3. The highest BCUT2D eigenvalue weighted by Crippen LogP contribution is 2.37. The van der Waals surface area contributed by atoms with E-state index >= 15 is 0 Å². The summed E-state index contributed by atoms with van der Waals surface area (Å²) in [5.41, 5.74) is 3.48. The third-order valence-corrected chi connectivity index (χ3v) is 4.40. The molecule has 0 radical (unpaired) electrons. The second-order valence-electron chi connectivity index (χ2n) is 5.98. The number of phenolic OH excluding ortho intramolecular Hbond substituents is 1. The van der Waals surface area contributed by atoms with Gasteiger partial charge < -0.3 is 15.2 Å².